The van der Waals surface area contributed by atoms with Gasteiger partial charge in [0.25, 0.3) is 0 Å². The molecule has 1 aromatic carbocycles. The van der Waals surface area contributed by atoms with E-state index >= 15 is 0 Å². The molecule has 0 radical (unpaired) electrons. The summed E-state index contributed by atoms with van der Waals surface area (Å²) in [5.41, 5.74) is 1.99. The van der Waals surface area contributed by atoms with E-state index in [0.29, 0.717) is 0 Å². The van der Waals surface area contributed by atoms with Gasteiger partial charge in [-0.2, -0.15) is 12.6 Å². The highest BCUT2D eigenvalue weighted by atomic mass is 32.1. The third-order valence-corrected chi connectivity index (χ3v) is 3.20. The van der Waals surface area contributed by atoms with Crippen molar-refractivity contribution in [2.75, 3.05) is 12.4 Å². The zero-order valence-electron chi connectivity index (χ0n) is 10.7. The zero-order chi connectivity index (χ0) is 12.8. The summed E-state index contributed by atoms with van der Waals surface area (Å²) in [4.78, 5) is 4.55. The summed E-state index contributed by atoms with van der Waals surface area (Å²) in [6.07, 6.45) is 3.39. The second-order valence-electron chi connectivity index (χ2n) is 4.41. The first-order valence-electron chi connectivity index (χ1n) is 6.41. The minimum Gasteiger partial charge on any atom is -0.491 e. The molecule has 0 aliphatic heterocycles. The number of hydrogen-bond acceptors (Lipinski definition) is 3. The number of unbranched alkanes of at least 4 members (excludes halogenated alkanes) is 2. The van der Waals surface area contributed by atoms with E-state index in [9.17, 15) is 0 Å². The first-order valence-corrected chi connectivity index (χ1v) is 7.04. The van der Waals surface area contributed by atoms with Crippen LogP contribution in [-0.4, -0.2) is 17.3 Å². The number of fused-ring (bicyclic) bond motifs is 1. The van der Waals surface area contributed by atoms with E-state index in [2.05, 4.69) is 29.7 Å². The highest BCUT2D eigenvalue weighted by molar-refractivity contribution is 7.80. The molecule has 0 amide bonds. The van der Waals surface area contributed by atoms with Gasteiger partial charge in [-0.3, -0.25) is 0 Å². The van der Waals surface area contributed by atoms with Crippen LogP contribution in [0, 0.1) is 6.92 Å². The van der Waals surface area contributed by atoms with Crippen molar-refractivity contribution < 1.29 is 4.74 Å². The summed E-state index contributed by atoms with van der Waals surface area (Å²) < 4.78 is 5.83. The Kier molecular flexibility index (Phi) is 4.88. The molecule has 0 unspecified atom stereocenters. The predicted octanol–water partition coefficient (Wildman–Crippen LogP) is 4.02. The molecule has 1 heterocycles. The van der Waals surface area contributed by atoms with Crippen LogP contribution in [0.25, 0.3) is 10.9 Å². The van der Waals surface area contributed by atoms with E-state index in [0.717, 1.165) is 47.5 Å². The molecule has 18 heavy (non-hydrogen) atoms. The molecule has 96 valence electrons. The van der Waals surface area contributed by atoms with Gasteiger partial charge < -0.3 is 4.74 Å². The van der Waals surface area contributed by atoms with Crippen molar-refractivity contribution in [3.63, 3.8) is 0 Å². The van der Waals surface area contributed by atoms with E-state index in [4.69, 9.17) is 4.74 Å². The van der Waals surface area contributed by atoms with Crippen LogP contribution in [0.4, 0.5) is 0 Å². The van der Waals surface area contributed by atoms with Gasteiger partial charge in [0.1, 0.15) is 11.3 Å². The number of benzene rings is 1. The zero-order valence-corrected chi connectivity index (χ0v) is 11.6. The number of para-hydroxylation sites is 1. The van der Waals surface area contributed by atoms with Crippen molar-refractivity contribution in [1.29, 1.82) is 0 Å². The van der Waals surface area contributed by atoms with Crippen molar-refractivity contribution in [3.05, 3.63) is 36.0 Å². The molecule has 2 nitrogen and oxygen atoms in total. The van der Waals surface area contributed by atoms with E-state index in [-0.39, 0.29) is 0 Å². The van der Waals surface area contributed by atoms with Gasteiger partial charge in [0.05, 0.1) is 6.61 Å². The van der Waals surface area contributed by atoms with Crippen LogP contribution in [0.1, 0.15) is 25.0 Å². The molecule has 0 spiro atoms. The Balaban J connectivity index is 2.05. The van der Waals surface area contributed by atoms with Crippen LogP contribution in [0.5, 0.6) is 5.75 Å². The molecule has 2 rings (SSSR count). The lowest BCUT2D eigenvalue weighted by Gasteiger charge is -2.09. The monoisotopic (exact) mass is 261 g/mol. The molecule has 0 atom stereocenters. The Morgan fingerprint density at radius 2 is 2.00 bits per heavy atom. The van der Waals surface area contributed by atoms with Crippen molar-refractivity contribution in [1.82, 2.24) is 4.98 Å². The Labute approximate surface area is 114 Å². The minimum atomic E-state index is 0.752. The fraction of sp³-hybridized carbons (Fsp3) is 0.400. The number of aromatic nitrogens is 1. The first-order chi connectivity index (χ1) is 8.81. The maximum absolute atomic E-state index is 5.83. The molecule has 0 fully saturated rings. The van der Waals surface area contributed by atoms with E-state index < -0.39 is 0 Å². The SMILES string of the molecule is Cc1ccc2cccc(OCCCCCS)c2n1. The standard InChI is InChI=1S/C15H19NOS/c1-12-8-9-13-6-5-7-14(15(13)16-12)17-10-3-2-4-11-18/h5-9,18H,2-4,10-11H2,1H3. The summed E-state index contributed by atoms with van der Waals surface area (Å²) >= 11 is 4.20. The molecule has 0 N–H and O–H groups in total. The number of rotatable bonds is 6. The van der Waals surface area contributed by atoms with Gasteiger partial charge in [-0.1, -0.05) is 18.2 Å². The summed E-state index contributed by atoms with van der Waals surface area (Å²) in [6, 6.07) is 10.2. The molecule has 3 heteroatoms. The van der Waals surface area contributed by atoms with Gasteiger partial charge in [-0.25, -0.2) is 4.98 Å². The van der Waals surface area contributed by atoms with Gasteiger partial charge in [0, 0.05) is 11.1 Å². The van der Waals surface area contributed by atoms with Gasteiger partial charge in [-0.05, 0) is 44.1 Å². The number of aryl methyl sites for hydroxylation is 1. The van der Waals surface area contributed by atoms with E-state index in [1.54, 1.807) is 0 Å². The van der Waals surface area contributed by atoms with Crippen molar-refractivity contribution in [2.24, 2.45) is 0 Å². The van der Waals surface area contributed by atoms with Crippen LogP contribution in [-0.2, 0) is 0 Å². The number of nitrogens with zero attached hydrogens (tertiary/aromatic N) is 1. The Morgan fingerprint density at radius 1 is 1.11 bits per heavy atom. The number of pyridine rings is 1. The lowest BCUT2D eigenvalue weighted by molar-refractivity contribution is 0.309. The smallest absolute Gasteiger partial charge is 0.145 e. The summed E-state index contributed by atoms with van der Waals surface area (Å²) in [5, 5.41) is 1.13. The van der Waals surface area contributed by atoms with Gasteiger partial charge in [0.15, 0.2) is 0 Å². The second kappa shape index (κ2) is 6.64. The Hall–Kier alpha value is -1.22. The Bertz CT molecular complexity index is 513. The van der Waals surface area contributed by atoms with Crippen LogP contribution in [0.15, 0.2) is 30.3 Å². The maximum atomic E-state index is 5.83. The largest absolute Gasteiger partial charge is 0.491 e. The molecule has 0 bridgehead atoms. The summed E-state index contributed by atoms with van der Waals surface area (Å²) in [6.45, 7) is 2.76. The third-order valence-electron chi connectivity index (χ3n) is 2.88. The topological polar surface area (TPSA) is 22.1 Å². The second-order valence-corrected chi connectivity index (χ2v) is 4.86. The normalized spacial score (nSPS) is 10.8. The van der Waals surface area contributed by atoms with Crippen molar-refractivity contribution >= 4 is 23.5 Å². The van der Waals surface area contributed by atoms with Gasteiger partial charge in [0.2, 0.25) is 0 Å². The van der Waals surface area contributed by atoms with Crippen molar-refractivity contribution in [2.45, 2.75) is 26.2 Å². The third kappa shape index (κ3) is 3.39. The summed E-state index contributed by atoms with van der Waals surface area (Å²) in [5.74, 6) is 1.84. The summed E-state index contributed by atoms with van der Waals surface area (Å²) in [7, 11) is 0. The lowest BCUT2D eigenvalue weighted by atomic mass is 10.2. The fourth-order valence-corrected chi connectivity index (χ4v) is 2.13. The van der Waals surface area contributed by atoms with Crippen molar-refractivity contribution in [3.8, 4) is 5.75 Å². The van der Waals surface area contributed by atoms with Crippen LogP contribution >= 0.6 is 12.6 Å². The molecular formula is C15H19NOS. The van der Waals surface area contributed by atoms with Gasteiger partial charge >= 0.3 is 0 Å². The molecular weight excluding hydrogens is 242 g/mol. The van der Waals surface area contributed by atoms with E-state index in [1.165, 1.54) is 6.42 Å². The molecule has 0 aliphatic carbocycles. The molecule has 0 aliphatic rings. The van der Waals surface area contributed by atoms with Crippen LogP contribution in [0.3, 0.4) is 0 Å². The number of hydrogen-bond donors (Lipinski definition) is 1. The first kappa shape index (κ1) is 13.2. The predicted molar refractivity (Wildman–Crippen MR) is 79.7 cm³/mol. The average molecular weight is 261 g/mol. The minimum absolute atomic E-state index is 0.752. The highest BCUT2D eigenvalue weighted by Crippen LogP contribution is 2.24. The average Bonchev–Trinajstić information content (AvgIpc) is 2.39. The number of ether oxygens (including phenoxy) is 1. The molecule has 1 aromatic heterocycles. The molecule has 2 aromatic rings. The molecule has 0 saturated heterocycles. The van der Waals surface area contributed by atoms with Crippen LogP contribution in [0.2, 0.25) is 0 Å². The van der Waals surface area contributed by atoms with E-state index in [1.807, 2.05) is 25.1 Å². The maximum Gasteiger partial charge on any atom is 0.145 e. The van der Waals surface area contributed by atoms with Gasteiger partial charge in [-0.15, -0.1) is 0 Å². The Morgan fingerprint density at radius 3 is 2.83 bits per heavy atom. The number of thiol groups is 1. The fourth-order valence-electron chi connectivity index (χ4n) is 1.91. The van der Waals surface area contributed by atoms with Crippen LogP contribution < -0.4 is 4.74 Å². The highest BCUT2D eigenvalue weighted by Gasteiger charge is 2.03. The quantitative estimate of drug-likeness (QED) is 0.626. The molecule has 0 saturated carbocycles. The lowest BCUT2D eigenvalue weighted by Crippen LogP contribution is -1.99.